The number of hydrogen-bond donors (Lipinski definition) is 0. The standard InChI is InChI=1S/C16H24O3/c1-10-11(2)15(18-6)13(12(3)14(10)17-5)7-8-16(4)9-19-16/h7-9H2,1-6H3/t16-/m0/s1. The van der Waals surface area contributed by atoms with Crippen LogP contribution in [0.15, 0.2) is 0 Å². The molecule has 0 unspecified atom stereocenters. The van der Waals surface area contributed by atoms with E-state index in [1.807, 2.05) is 0 Å². The summed E-state index contributed by atoms with van der Waals surface area (Å²) in [7, 11) is 3.48. The highest BCUT2D eigenvalue weighted by atomic mass is 16.6. The van der Waals surface area contributed by atoms with Crippen molar-refractivity contribution in [1.82, 2.24) is 0 Å². The lowest BCUT2D eigenvalue weighted by Gasteiger charge is -2.21. The van der Waals surface area contributed by atoms with E-state index in [1.54, 1.807) is 14.2 Å². The van der Waals surface area contributed by atoms with Crippen molar-refractivity contribution in [1.29, 1.82) is 0 Å². The average Bonchev–Trinajstić information content (AvgIpc) is 3.11. The fourth-order valence-electron chi connectivity index (χ4n) is 2.70. The quantitative estimate of drug-likeness (QED) is 0.764. The molecular formula is C16H24O3. The van der Waals surface area contributed by atoms with Crippen molar-refractivity contribution >= 4 is 0 Å². The van der Waals surface area contributed by atoms with Crippen LogP contribution in [-0.4, -0.2) is 26.4 Å². The van der Waals surface area contributed by atoms with Gasteiger partial charge in [-0.2, -0.15) is 0 Å². The van der Waals surface area contributed by atoms with E-state index < -0.39 is 0 Å². The lowest BCUT2D eigenvalue weighted by atomic mass is 9.92. The van der Waals surface area contributed by atoms with Gasteiger partial charge in [0.15, 0.2) is 0 Å². The Hall–Kier alpha value is -1.22. The number of benzene rings is 1. The van der Waals surface area contributed by atoms with Crippen molar-refractivity contribution in [3.63, 3.8) is 0 Å². The molecule has 0 bridgehead atoms. The molecule has 1 atom stereocenters. The predicted molar refractivity (Wildman–Crippen MR) is 76.4 cm³/mol. The van der Waals surface area contributed by atoms with E-state index in [1.165, 1.54) is 16.7 Å². The fourth-order valence-corrected chi connectivity index (χ4v) is 2.70. The van der Waals surface area contributed by atoms with Gasteiger partial charge in [0.2, 0.25) is 0 Å². The Balaban J connectivity index is 2.41. The summed E-state index contributed by atoms with van der Waals surface area (Å²) in [6.45, 7) is 9.32. The van der Waals surface area contributed by atoms with Gasteiger partial charge < -0.3 is 14.2 Å². The van der Waals surface area contributed by atoms with E-state index in [9.17, 15) is 0 Å². The maximum atomic E-state index is 5.63. The first-order valence-electron chi connectivity index (χ1n) is 6.78. The Morgan fingerprint density at radius 1 is 1.00 bits per heavy atom. The lowest BCUT2D eigenvalue weighted by molar-refractivity contribution is 0.307. The zero-order chi connectivity index (χ0) is 14.2. The van der Waals surface area contributed by atoms with Gasteiger partial charge in [0, 0.05) is 5.56 Å². The highest BCUT2D eigenvalue weighted by molar-refractivity contribution is 5.58. The lowest BCUT2D eigenvalue weighted by Crippen LogP contribution is -2.09. The van der Waals surface area contributed by atoms with Crippen molar-refractivity contribution in [3.8, 4) is 11.5 Å². The van der Waals surface area contributed by atoms with Gasteiger partial charge in [0.1, 0.15) is 11.5 Å². The molecule has 19 heavy (non-hydrogen) atoms. The summed E-state index contributed by atoms with van der Waals surface area (Å²) in [5.74, 6) is 1.98. The van der Waals surface area contributed by atoms with Crippen LogP contribution in [0.3, 0.4) is 0 Å². The third kappa shape index (κ3) is 2.57. The zero-order valence-corrected chi connectivity index (χ0v) is 12.8. The third-order valence-electron chi connectivity index (χ3n) is 4.26. The molecule has 0 aromatic heterocycles. The Kier molecular flexibility index (Phi) is 3.77. The highest BCUT2D eigenvalue weighted by Crippen LogP contribution is 2.40. The summed E-state index contributed by atoms with van der Waals surface area (Å²) in [5.41, 5.74) is 4.84. The molecule has 0 saturated carbocycles. The van der Waals surface area contributed by atoms with Gasteiger partial charge in [0.05, 0.1) is 26.4 Å². The van der Waals surface area contributed by atoms with E-state index in [2.05, 4.69) is 27.7 Å². The fraction of sp³-hybridized carbons (Fsp3) is 0.625. The van der Waals surface area contributed by atoms with E-state index in [4.69, 9.17) is 14.2 Å². The van der Waals surface area contributed by atoms with E-state index >= 15 is 0 Å². The normalized spacial score (nSPS) is 21.4. The SMILES string of the molecule is COc1c(C)c(C)c(OC)c(CC[C@@]2(C)CO2)c1C. The summed E-state index contributed by atoms with van der Waals surface area (Å²) in [4.78, 5) is 0. The molecule has 2 rings (SSSR count). The van der Waals surface area contributed by atoms with Crippen LogP contribution >= 0.6 is 0 Å². The second-order valence-electron chi connectivity index (χ2n) is 5.66. The average molecular weight is 264 g/mol. The maximum absolute atomic E-state index is 5.63. The van der Waals surface area contributed by atoms with Crippen LogP contribution in [0.1, 0.15) is 35.6 Å². The van der Waals surface area contributed by atoms with Crippen molar-refractivity contribution in [2.24, 2.45) is 0 Å². The molecule has 0 aliphatic carbocycles. The van der Waals surface area contributed by atoms with Crippen LogP contribution in [0.2, 0.25) is 0 Å². The van der Waals surface area contributed by atoms with Gasteiger partial charge in [-0.25, -0.2) is 0 Å². The van der Waals surface area contributed by atoms with Crippen LogP contribution in [-0.2, 0) is 11.2 Å². The topological polar surface area (TPSA) is 31.0 Å². The zero-order valence-electron chi connectivity index (χ0n) is 12.8. The molecule has 0 spiro atoms. The van der Waals surface area contributed by atoms with Crippen LogP contribution in [0, 0.1) is 20.8 Å². The molecule has 3 heteroatoms. The highest BCUT2D eigenvalue weighted by Gasteiger charge is 2.39. The van der Waals surface area contributed by atoms with Gasteiger partial charge in [-0.3, -0.25) is 0 Å². The largest absolute Gasteiger partial charge is 0.496 e. The second kappa shape index (κ2) is 5.04. The first-order chi connectivity index (χ1) is 8.93. The molecular weight excluding hydrogens is 240 g/mol. The molecule has 1 aliphatic heterocycles. The maximum Gasteiger partial charge on any atom is 0.125 e. The second-order valence-corrected chi connectivity index (χ2v) is 5.66. The summed E-state index contributed by atoms with van der Waals surface area (Å²) in [5, 5.41) is 0. The Morgan fingerprint density at radius 2 is 1.53 bits per heavy atom. The predicted octanol–water partition coefficient (Wildman–Crippen LogP) is 3.35. The molecule has 1 heterocycles. The third-order valence-corrected chi connectivity index (χ3v) is 4.26. The van der Waals surface area contributed by atoms with Crippen LogP contribution in [0.5, 0.6) is 11.5 Å². The van der Waals surface area contributed by atoms with Gasteiger partial charge >= 0.3 is 0 Å². The molecule has 0 radical (unpaired) electrons. The van der Waals surface area contributed by atoms with Gasteiger partial charge in [-0.1, -0.05) is 0 Å². The number of methoxy groups -OCH3 is 2. The summed E-state index contributed by atoms with van der Waals surface area (Å²) < 4.78 is 16.7. The molecule has 1 saturated heterocycles. The molecule has 0 N–H and O–H groups in total. The van der Waals surface area contributed by atoms with Crippen molar-refractivity contribution in [2.75, 3.05) is 20.8 Å². The summed E-state index contributed by atoms with van der Waals surface area (Å²) in [6.07, 6.45) is 1.98. The van der Waals surface area contributed by atoms with Gasteiger partial charge in [0.25, 0.3) is 0 Å². The first-order valence-corrected chi connectivity index (χ1v) is 6.78. The molecule has 1 aliphatic rings. The minimum atomic E-state index is 0.0729. The minimum Gasteiger partial charge on any atom is -0.496 e. The molecule has 0 amide bonds. The van der Waals surface area contributed by atoms with E-state index in [-0.39, 0.29) is 5.60 Å². The Labute approximate surface area is 115 Å². The molecule has 106 valence electrons. The van der Waals surface area contributed by atoms with E-state index in [0.717, 1.165) is 36.5 Å². The first kappa shape index (κ1) is 14.2. The monoisotopic (exact) mass is 264 g/mol. The Bertz CT molecular complexity index is 488. The van der Waals surface area contributed by atoms with Crippen LogP contribution in [0.25, 0.3) is 0 Å². The van der Waals surface area contributed by atoms with Crippen molar-refractivity contribution in [3.05, 3.63) is 22.3 Å². The van der Waals surface area contributed by atoms with Crippen LogP contribution in [0.4, 0.5) is 0 Å². The van der Waals surface area contributed by atoms with Gasteiger partial charge in [-0.15, -0.1) is 0 Å². The van der Waals surface area contributed by atoms with Crippen molar-refractivity contribution < 1.29 is 14.2 Å². The van der Waals surface area contributed by atoms with Crippen LogP contribution < -0.4 is 9.47 Å². The Morgan fingerprint density at radius 3 is 2.00 bits per heavy atom. The number of epoxide rings is 1. The minimum absolute atomic E-state index is 0.0729. The molecule has 3 nitrogen and oxygen atoms in total. The van der Waals surface area contributed by atoms with Gasteiger partial charge in [-0.05, 0) is 57.2 Å². The number of hydrogen-bond acceptors (Lipinski definition) is 3. The summed E-state index contributed by atoms with van der Waals surface area (Å²) >= 11 is 0. The molecule has 1 aromatic carbocycles. The molecule has 1 fully saturated rings. The number of rotatable bonds is 5. The molecule has 1 aromatic rings. The number of ether oxygens (including phenoxy) is 3. The van der Waals surface area contributed by atoms with Crippen molar-refractivity contribution in [2.45, 2.75) is 46.1 Å². The van der Waals surface area contributed by atoms with E-state index in [0.29, 0.717) is 0 Å². The summed E-state index contributed by atoms with van der Waals surface area (Å²) in [6, 6.07) is 0. The smallest absolute Gasteiger partial charge is 0.125 e.